The van der Waals surface area contributed by atoms with Crippen LogP contribution in [0.3, 0.4) is 0 Å². The van der Waals surface area contributed by atoms with Gasteiger partial charge in [0.05, 0.1) is 12.2 Å². The zero-order valence-corrected chi connectivity index (χ0v) is 12.1. The number of likely N-dealkylation sites (tertiary alicyclic amines) is 1. The number of phenolic OH excluding ortho intramolecular Hbond substituents is 1. The number of benzene rings is 1. The zero-order valence-electron chi connectivity index (χ0n) is 11.3. The molecule has 0 atom stereocenters. The summed E-state index contributed by atoms with van der Waals surface area (Å²) < 4.78 is 0. The molecule has 0 radical (unpaired) electrons. The first-order valence-electron chi connectivity index (χ1n) is 6.56. The van der Waals surface area contributed by atoms with Crippen LogP contribution in [0, 0.1) is 13.8 Å². The van der Waals surface area contributed by atoms with E-state index in [1.54, 1.807) is 23.5 Å². The van der Waals surface area contributed by atoms with Gasteiger partial charge in [-0.1, -0.05) is 12.1 Å². The minimum absolute atomic E-state index is 0.341. The summed E-state index contributed by atoms with van der Waals surface area (Å²) >= 11 is 1.81. The number of rotatable bonds is 3. The standard InChI is InChI=1S/C15H18N2OS/c1-10-11(2)19-15(16-10)9-17-7-13(8-17)12-3-5-14(18)6-4-12/h3-6,13,18H,7-9H2,1-2H3. The van der Waals surface area contributed by atoms with Crippen molar-refractivity contribution in [3.05, 3.63) is 45.4 Å². The van der Waals surface area contributed by atoms with Gasteiger partial charge in [0.25, 0.3) is 0 Å². The molecule has 0 saturated carbocycles. The van der Waals surface area contributed by atoms with Crippen molar-refractivity contribution in [1.82, 2.24) is 9.88 Å². The van der Waals surface area contributed by atoms with Crippen molar-refractivity contribution >= 4 is 11.3 Å². The maximum Gasteiger partial charge on any atom is 0.115 e. The Labute approximate surface area is 117 Å². The first-order valence-corrected chi connectivity index (χ1v) is 7.37. The normalized spacial score (nSPS) is 16.5. The summed E-state index contributed by atoms with van der Waals surface area (Å²) in [4.78, 5) is 8.34. The van der Waals surface area contributed by atoms with Crippen molar-refractivity contribution in [2.24, 2.45) is 0 Å². The van der Waals surface area contributed by atoms with Crippen LogP contribution in [0.4, 0.5) is 0 Å². The van der Waals surface area contributed by atoms with E-state index in [1.807, 2.05) is 12.1 Å². The fraction of sp³-hybridized carbons (Fsp3) is 0.400. The molecule has 0 spiro atoms. The first kappa shape index (κ1) is 12.6. The van der Waals surface area contributed by atoms with Crippen LogP contribution in [0.15, 0.2) is 24.3 Å². The monoisotopic (exact) mass is 274 g/mol. The highest BCUT2D eigenvalue weighted by molar-refractivity contribution is 7.11. The summed E-state index contributed by atoms with van der Waals surface area (Å²) in [6.45, 7) is 7.34. The molecule has 0 unspecified atom stereocenters. The SMILES string of the molecule is Cc1nc(CN2CC(c3ccc(O)cc3)C2)sc1C. The lowest BCUT2D eigenvalue weighted by Gasteiger charge is -2.39. The molecule has 100 valence electrons. The number of hydrogen-bond donors (Lipinski definition) is 1. The van der Waals surface area contributed by atoms with E-state index in [9.17, 15) is 5.11 Å². The second-order valence-electron chi connectivity index (χ2n) is 5.23. The Morgan fingerprint density at radius 3 is 2.53 bits per heavy atom. The van der Waals surface area contributed by atoms with Gasteiger partial charge in [-0.15, -0.1) is 11.3 Å². The number of phenols is 1. The van der Waals surface area contributed by atoms with Crippen LogP contribution in [0.2, 0.25) is 0 Å². The maximum absolute atomic E-state index is 9.29. The van der Waals surface area contributed by atoms with Gasteiger partial charge in [0, 0.05) is 23.9 Å². The summed E-state index contributed by atoms with van der Waals surface area (Å²) in [5.41, 5.74) is 2.48. The molecule has 4 heteroatoms. The molecular formula is C15H18N2OS. The molecule has 1 saturated heterocycles. The van der Waals surface area contributed by atoms with Crippen LogP contribution in [0.5, 0.6) is 5.75 Å². The van der Waals surface area contributed by atoms with E-state index >= 15 is 0 Å². The Balaban J connectivity index is 1.56. The second-order valence-corrected chi connectivity index (χ2v) is 6.52. The predicted molar refractivity (Wildman–Crippen MR) is 77.7 cm³/mol. The quantitative estimate of drug-likeness (QED) is 0.934. The molecule has 1 aliphatic rings. The van der Waals surface area contributed by atoms with Gasteiger partial charge in [-0.3, -0.25) is 4.90 Å². The molecule has 0 aliphatic carbocycles. The van der Waals surface area contributed by atoms with Gasteiger partial charge in [0.15, 0.2) is 0 Å². The molecule has 3 nitrogen and oxygen atoms in total. The molecule has 0 bridgehead atoms. The Morgan fingerprint density at radius 2 is 1.95 bits per heavy atom. The first-order chi connectivity index (χ1) is 9.11. The third-order valence-corrected chi connectivity index (χ3v) is 4.81. The van der Waals surface area contributed by atoms with Crippen molar-refractivity contribution < 1.29 is 5.11 Å². The van der Waals surface area contributed by atoms with Crippen LogP contribution in [0.25, 0.3) is 0 Å². The summed E-state index contributed by atoms with van der Waals surface area (Å²) in [5.74, 6) is 0.941. The molecule has 2 heterocycles. The highest BCUT2D eigenvalue weighted by atomic mass is 32.1. The molecule has 1 N–H and O–H groups in total. The molecule has 2 aromatic rings. The topological polar surface area (TPSA) is 36.4 Å². The Kier molecular flexibility index (Phi) is 3.29. The molecule has 1 aliphatic heterocycles. The van der Waals surface area contributed by atoms with Crippen molar-refractivity contribution in [3.8, 4) is 5.75 Å². The predicted octanol–water partition coefficient (Wildman–Crippen LogP) is 3.06. The highest BCUT2D eigenvalue weighted by Gasteiger charge is 2.28. The Bertz CT molecular complexity index is 551. The Hall–Kier alpha value is -1.39. The van der Waals surface area contributed by atoms with Crippen molar-refractivity contribution in [2.75, 3.05) is 13.1 Å². The number of thiazole rings is 1. The third kappa shape index (κ3) is 2.65. The summed E-state index contributed by atoms with van der Waals surface area (Å²) in [7, 11) is 0. The van der Waals surface area contributed by atoms with Gasteiger partial charge in [-0.25, -0.2) is 4.98 Å². The van der Waals surface area contributed by atoms with Gasteiger partial charge in [-0.2, -0.15) is 0 Å². The van der Waals surface area contributed by atoms with E-state index in [4.69, 9.17) is 0 Å². The van der Waals surface area contributed by atoms with E-state index in [1.165, 1.54) is 15.4 Å². The maximum atomic E-state index is 9.29. The number of nitrogens with zero attached hydrogens (tertiary/aromatic N) is 2. The van der Waals surface area contributed by atoms with Gasteiger partial charge in [-0.05, 0) is 31.5 Å². The van der Waals surface area contributed by atoms with Gasteiger partial charge >= 0.3 is 0 Å². The van der Waals surface area contributed by atoms with Gasteiger partial charge in [0.1, 0.15) is 10.8 Å². The summed E-state index contributed by atoms with van der Waals surface area (Å²) in [6, 6.07) is 7.58. The lowest BCUT2D eigenvalue weighted by Crippen LogP contribution is -2.44. The molecule has 3 rings (SSSR count). The lowest BCUT2D eigenvalue weighted by atomic mass is 9.91. The fourth-order valence-corrected chi connectivity index (χ4v) is 3.43. The molecule has 1 aromatic carbocycles. The van der Waals surface area contributed by atoms with Crippen molar-refractivity contribution in [2.45, 2.75) is 26.3 Å². The molecule has 19 heavy (non-hydrogen) atoms. The minimum Gasteiger partial charge on any atom is -0.508 e. The largest absolute Gasteiger partial charge is 0.508 e. The van der Waals surface area contributed by atoms with Crippen LogP contribution >= 0.6 is 11.3 Å². The van der Waals surface area contributed by atoms with E-state index in [0.717, 1.165) is 25.3 Å². The van der Waals surface area contributed by atoms with Crippen LogP contribution < -0.4 is 0 Å². The zero-order chi connectivity index (χ0) is 13.4. The number of aryl methyl sites for hydroxylation is 2. The van der Waals surface area contributed by atoms with Crippen LogP contribution in [-0.2, 0) is 6.54 Å². The smallest absolute Gasteiger partial charge is 0.115 e. The Morgan fingerprint density at radius 1 is 1.26 bits per heavy atom. The second kappa shape index (κ2) is 4.94. The van der Waals surface area contributed by atoms with Gasteiger partial charge in [0.2, 0.25) is 0 Å². The fourth-order valence-electron chi connectivity index (χ4n) is 2.45. The van der Waals surface area contributed by atoms with E-state index in [-0.39, 0.29) is 0 Å². The molecule has 1 fully saturated rings. The average Bonchev–Trinajstić information content (AvgIpc) is 2.64. The summed E-state index contributed by atoms with van der Waals surface area (Å²) in [5, 5.41) is 10.5. The highest BCUT2D eigenvalue weighted by Crippen LogP contribution is 2.30. The van der Waals surface area contributed by atoms with E-state index < -0.39 is 0 Å². The molecule has 1 aromatic heterocycles. The number of aromatic hydroxyl groups is 1. The van der Waals surface area contributed by atoms with Crippen LogP contribution in [-0.4, -0.2) is 28.1 Å². The van der Waals surface area contributed by atoms with E-state index in [0.29, 0.717) is 11.7 Å². The van der Waals surface area contributed by atoms with Crippen molar-refractivity contribution in [1.29, 1.82) is 0 Å². The number of aromatic nitrogens is 1. The average molecular weight is 274 g/mol. The number of hydrogen-bond acceptors (Lipinski definition) is 4. The molecular weight excluding hydrogens is 256 g/mol. The summed E-state index contributed by atoms with van der Waals surface area (Å²) in [6.07, 6.45) is 0. The third-order valence-electron chi connectivity index (χ3n) is 3.75. The van der Waals surface area contributed by atoms with Crippen LogP contribution in [0.1, 0.15) is 27.1 Å². The van der Waals surface area contributed by atoms with Gasteiger partial charge < -0.3 is 5.11 Å². The lowest BCUT2D eigenvalue weighted by molar-refractivity contribution is 0.139. The molecule has 0 amide bonds. The van der Waals surface area contributed by atoms with E-state index in [2.05, 4.69) is 23.7 Å². The minimum atomic E-state index is 0.341. The van der Waals surface area contributed by atoms with Crippen molar-refractivity contribution in [3.63, 3.8) is 0 Å².